The molecule has 0 bridgehead atoms. The van der Waals surface area contributed by atoms with Crippen molar-refractivity contribution >= 4 is 29.0 Å². The van der Waals surface area contributed by atoms with E-state index < -0.39 is 35.8 Å². The maximum absolute atomic E-state index is 13.9. The number of carboxylic acid groups (broad SMARTS) is 1. The Balaban J connectivity index is 0.00000497. The van der Waals surface area contributed by atoms with Crippen molar-refractivity contribution in [3.05, 3.63) is 167 Å². The minimum absolute atomic E-state index is 0. The van der Waals surface area contributed by atoms with Crippen molar-refractivity contribution in [2.24, 2.45) is 9.98 Å². The molecule has 0 radical (unpaired) electrons. The van der Waals surface area contributed by atoms with Crippen molar-refractivity contribution in [1.29, 1.82) is 0 Å². The van der Waals surface area contributed by atoms with E-state index in [0.717, 1.165) is 36.2 Å². The van der Waals surface area contributed by atoms with Crippen LogP contribution in [0.1, 0.15) is 52.3 Å². The number of carbonyl (C=O) groups excluding carboxylic acids is 1. The van der Waals surface area contributed by atoms with E-state index >= 15 is 0 Å². The van der Waals surface area contributed by atoms with Crippen LogP contribution in [0.3, 0.4) is 0 Å². The third-order valence-corrected chi connectivity index (χ3v) is 9.98. The number of fused-ring (bicyclic) bond motifs is 1. The molecule has 2 aliphatic heterocycles. The molecule has 5 aromatic carbocycles. The number of anilines is 1. The van der Waals surface area contributed by atoms with Gasteiger partial charge in [-0.1, -0.05) is 103 Å². The Hall–Kier alpha value is -5.25. The average molecular weight is 773 g/mol. The Morgan fingerprint density at radius 2 is 1.44 bits per heavy atom. The monoisotopic (exact) mass is 772 g/mol. The van der Waals surface area contributed by atoms with Gasteiger partial charge in [0.2, 0.25) is 0 Å². The molecule has 2 aliphatic rings. The molecule has 278 valence electrons. The molecule has 1 saturated heterocycles. The van der Waals surface area contributed by atoms with Gasteiger partial charge in [-0.2, -0.15) is 13.2 Å². The van der Waals surface area contributed by atoms with Crippen molar-refractivity contribution in [1.82, 2.24) is 4.90 Å². The fourth-order valence-corrected chi connectivity index (χ4v) is 7.43. The first-order valence-corrected chi connectivity index (χ1v) is 17.7. The first kappa shape index (κ1) is 38.5. The number of nitrogens with zero attached hydrogens (tertiary/aromatic N) is 4. The molecule has 7 nitrogen and oxygen atoms in total. The van der Waals surface area contributed by atoms with Gasteiger partial charge in [0.15, 0.2) is 0 Å². The smallest absolute Gasteiger partial charge is 0.861 e. The topological polar surface area (TPSA) is 94.4 Å². The van der Waals surface area contributed by atoms with Crippen LogP contribution in [0.5, 0.6) is 0 Å². The summed E-state index contributed by atoms with van der Waals surface area (Å²) in [6, 6.07) is 35.4. The number of benzene rings is 5. The second-order valence-corrected chi connectivity index (χ2v) is 13.3. The van der Waals surface area contributed by atoms with Crippen LogP contribution in [-0.2, 0) is 40.4 Å². The molecule has 0 spiro atoms. The van der Waals surface area contributed by atoms with Crippen molar-refractivity contribution in [2.75, 3.05) is 18.0 Å². The summed E-state index contributed by atoms with van der Waals surface area (Å²) >= 11 is 0. The van der Waals surface area contributed by atoms with Crippen molar-refractivity contribution in [2.45, 2.75) is 50.1 Å². The molecular formula is C43H37F3N4NiO3. The normalized spacial score (nSPS) is 18.5. The minimum atomic E-state index is -4.52. The van der Waals surface area contributed by atoms with Gasteiger partial charge < -0.3 is 19.9 Å². The van der Waals surface area contributed by atoms with Crippen LogP contribution in [0.15, 0.2) is 143 Å². The number of alkyl halides is 3. The largest absolute Gasteiger partial charge is 2.00 e. The average Bonchev–Trinajstić information content (AvgIpc) is 3.64. The van der Waals surface area contributed by atoms with Gasteiger partial charge in [0, 0.05) is 35.9 Å². The molecule has 54 heavy (non-hydrogen) atoms. The van der Waals surface area contributed by atoms with E-state index in [1.54, 1.807) is 35.2 Å². The number of carbonyl (C=O) groups is 1. The molecule has 1 fully saturated rings. The molecule has 2 heterocycles. The summed E-state index contributed by atoms with van der Waals surface area (Å²) in [5.41, 5.74) is 4.07. The zero-order chi connectivity index (χ0) is 37.0. The van der Waals surface area contributed by atoms with Gasteiger partial charge in [0.05, 0.1) is 29.0 Å². The molecule has 0 aliphatic carbocycles. The number of para-hydroxylation sites is 1. The van der Waals surface area contributed by atoms with E-state index in [-0.39, 0.29) is 22.4 Å². The standard InChI is InChI=1S/C43H39F3N4O3.Ni/c44-43(45,46)32-21-23-33(24-22-32)50-27-25-30-14-7-8-17-34(30)40(50)39(42(52)53)48-38(31-15-5-2-6-16-31)35-18-9-10-19-36(35)47-41(51)37-20-11-26-49(37)28-29-12-3-1-4-13-29;/h1-10,12-19,21-24,37,39-40H,11,20,25-28H2,(H,47,51)(H,52,53);/q;+2/p-2/t37-,39-,40+;/m0./s1. The molecule has 5 aromatic rings. The molecule has 3 atom stereocenters. The van der Waals surface area contributed by atoms with Gasteiger partial charge in [-0.3, -0.25) is 14.9 Å². The Morgan fingerprint density at radius 3 is 2.15 bits per heavy atom. The first-order valence-electron chi connectivity index (χ1n) is 17.7. The zero-order valence-corrected chi connectivity index (χ0v) is 30.1. The first-order chi connectivity index (χ1) is 25.7. The van der Waals surface area contributed by atoms with Crippen LogP contribution in [0, 0.1) is 0 Å². The van der Waals surface area contributed by atoms with Gasteiger partial charge in [0.1, 0.15) is 6.04 Å². The van der Waals surface area contributed by atoms with Gasteiger partial charge in [-0.25, -0.2) is 0 Å². The van der Waals surface area contributed by atoms with Gasteiger partial charge in [-0.05, 0) is 78.7 Å². The van der Waals surface area contributed by atoms with E-state index in [9.17, 15) is 28.2 Å². The van der Waals surface area contributed by atoms with E-state index in [0.29, 0.717) is 59.7 Å². The molecule has 0 aromatic heterocycles. The van der Waals surface area contributed by atoms with E-state index in [4.69, 9.17) is 4.99 Å². The van der Waals surface area contributed by atoms with E-state index in [1.165, 1.54) is 12.1 Å². The molecular weight excluding hydrogens is 736 g/mol. The number of carboxylic acids is 1. The van der Waals surface area contributed by atoms with E-state index in [1.807, 2.05) is 78.9 Å². The van der Waals surface area contributed by atoms with Gasteiger partial charge in [0.25, 0.3) is 0 Å². The predicted octanol–water partition coefficient (Wildman–Crippen LogP) is 6.52. The van der Waals surface area contributed by atoms with Gasteiger partial charge >= 0.3 is 22.7 Å². The molecule has 0 saturated carbocycles. The molecule has 0 N–H and O–H groups in total. The number of aliphatic imine (C=N–C) groups is 2. The zero-order valence-electron chi connectivity index (χ0n) is 29.1. The quantitative estimate of drug-likeness (QED) is 0.0917. The number of halogens is 3. The van der Waals surface area contributed by atoms with Crippen LogP contribution in [0.2, 0.25) is 0 Å². The summed E-state index contributed by atoms with van der Waals surface area (Å²) < 4.78 is 40.5. The summed E-state index contributed by atoms with van der Waals surface area (Å²) in [7, 11) is 0. The summed E-state index contributed by atoms with van der Waals surface area (Å²) in [6.07, 6.45) is -2.44. The SMILES string of the molecule is O=C([O-])[C@@H](N=C(c1ccccc1)c1ccccc1N=C([O-])[C@@H]1CCCN1Cc1ccccc1)[C@H]1c2ccccc2CCN1c1ccc(C(F)(F)F)cc1.[Ni+2]. The number of hydrogen-bond acceptors (Lipinski definition) is 7. The molecule has 11 heteroatoms. The summed E-state index contributed by atoms with van der Waals surface area (Å²) in [5, 5.41) is 27.2. The maximum Gasteiger partial charge on any atom is 2.00 e. The fourth-order valence-electron chi connectivity index (χ4n) is 7.43. The number of aliphatic carboxylic acids is 1. The number of likely N-dealkylation sites (tertiary alicyclic amines) is 1. The third kappa shape index (κ3) is 8.43. The van der Waals surface area contributed by atoms with Crippen LogP contribution in [0.25, 0.3) is 0 Å². The van der Waals surface area contributed by atoms with Crippen molar-refractivity contribution in [3.63, 3.8) is 0 Å². The van der Waals surface area contributed by atoms with Crippen LogP contribution in [-0.4, -0.2) is 47.7 Å². The fraction of sp³-hybridized carbons (Fsp3) is 0.233. The molecule has 0 amide bonds. The van der Waals surface area contributed by atoms with Crippen molar-refractivity contribution < 1.29 is 44.7 Å². The Kier molecular flexibility index (Phi) is 12.0. The summed E-state index contributed by atoms with van der Waals surface area (Å²) in [6.45, 7) is 1.73. The second kappa shape index (κ2) is 16.8. The van der Waals surface area contributed by atoms with Crippen LogP contribution in [0.4, 0.5) is 24.5 Å². The number of hydrogen-bond donors (Lipinski definition) is 0. The Labute approximate surface area is 322 Å². The van der Waals surface area contributed by atoms with Crippen LogP contribution >= 0.6 is 0 Å². The molecule has 7 rings (SSSR count). The minimum Gasteiger partial charge on any atom is -0.861 e. The second-order valence-electron chi connectivity index (χ2n) is 13.3. The predicted molar refractivity (Wildman–Crippen MR) is 196 cm³/mol. The maximum atomic E-state index is 13.9. The van der Waals surface area contributed by atoms with Crippen molar-refractivity contribution in [3.8, 4) is 0 Å². The summed E-state index contributed by atoms with van der Waals surface area (Å²) in [4.78, 5) is 26.8. The van der Waals surface area contributed by atoms with Gasteiger partial charge in [-0.15, -0.1) is 0 Å². The van der Waals surface area contributed by atoms with Crippen LogP contribution < -0.4 is 15.1 Å². The third-order valence-electron chi connectivity index (χ3n) is 9.98. The summed E-state index contributed by atoms with van der Waals surface area (Å²) in [5.74, 6) is -1.74. The van der Waals surface area contributed by atoms with E-state index in [2.05, 4.69) is 9.89 Å². The Morgan fingerprint density at radius 1 is 0.796 bits per heavy atom. The Bertz CT molecular complexity index is 2110. The molecule has 0 unspecified atom stereocenters. The number of rotatable bonds is 10.